The molecule has 3 rings (SSSR count). The van der Waals surface area contributed by atoms with E-state index in [0.29, 0.717) is 18.7 Å². The van der Waals surface area contributed by atoms with Gasteiger partial charge in [-0.15, -0.1) is 0 Å². The molecule has 128 valence electrons. The molecule has 1 aliphatic rings. The Morgan fingerprint density at radius 1 is 1.46 bits per heavy atom. The maximum atomic E-state index is 13.8. The van der Waals surface area contributed by atoms with Crippen LogP contribution in [0.4, 0.5) is 4.39 Å². The Kier molecular flexibility index (Phi) is 4.64. The Morgan fingerprint density at radius 3 is 2.71 bits per heavy atom. The number of aliphatic hydroxyl groups is 1. The van der Waals surface area contributed by atoms with Crippen molar-refractivity contribution in [2.75, 3.05) is 6.54 Å². The fraction of sp³-hybridized carbons (Fsp3) is 0.412. The van der Waals surface area contributed by atoms with E-state index in [-0.39, 0.29) is 23.8 Å². The summed E-state index contributed by atoms with van der Waals surface area (Å²) >= 11 is 0. The maximum Gasteiger partial charge on any atom is 0.237 e. The van der Waals surface area contributed by atoms with Crippen LogP contribution < -0.4 is 10.6 Å². The summed E-state index contributed by atoms with van der Waals surface area (Å²) in [5, 5.41) is 19.3. The van der Waals surface area contributed by atoms with Crippen molar-refractivity contribution >= 4 is 5.91 Å². The number of hydrogen-bond acceptors (Lipinski definition) is 4. The van der Waals surface area contributed by atoms with Crippen LogP contribution in [0.15, 0.2) is 30.5 Å². The van der Waals surface area contributed by atoms with Gasteiger partial charge >= 0.3 is 0 Å². The van der Waals surface area contributed by atoms with Crippen LogP contribution in [0.3, 0.4) is 0 Å². The quantitative estimate of drug-likeness (QED) is 0.784. The summed E-state index contributed by atoms with van der Waals surface area (Å²) < 4.78 is 15.3. The van der Waals surface area contributed by atoms with Crippen molar-refractivity contribution in [2.45, 2.75) is 31.5 Å². The lowest BCUT2D eigenvalue weighted by Crippen LogP contribution is -2.41. The van der Waals surface area contributed by atoms with E-state index >= 15 is 0 Å². The van der Waals surface area contributed by atoms with E-state index < -0.39 is 6.10 Å². The highest BCUT2D eigenvalue weighted by Gasteiger charge is 2.28. The molecule has 2 unspecified atom stereocenters. The first-order valence-corrected chi connectivity index (χ1v) is 7.95. The number of benzene rings is 1. The molecule has 0 spiro atoms. The number of nitrogens with one attached hydrogen (secondary N) is 2. The Bertz CT molecular complexity index is 709. The van der Waals surface area contributed by atoms with Gasteiger partial charge in [0.25, 0.3) is 0 Å². The van der Waals surface area contributed by atoms with Crippen LogP contribution in [0.5, 0.6) is 0 Å². The van der Waals surface area contributed by atoms with Gasteiger partial charge in [-0.25, -0.2) is 4.39 Å². The molecule has 1 aliphatic heterocycles. The monoisotopic (exact) mass is 332 g/mol. The maximum absolute atomic E-state index is 13.8. The number of nitrogens with zero attached hydrogens (tertiary/aromatic N) is 2. The summed E-state index contributed by atoms with van der Waals surface area (Å²) in [6.07, 6.45) is 1.15. The third-order valence-corrected chi connectivity index (χ3v) is 4.36. The fourth-order valence-corrected chi connectivity index (χ4v) is 2.98. The fourth-order valence-electron chi connectivity index (χ4n) is 2.98. The van der Waals surface area contributed by atoms with Gasteiger partial charge in [0.15, 0.2) is 5.82 Å². The molecule has 0 bridgehead atoms. The summed E-state index contributed by atoms with van der Waals surface area (Å²) in [5.41, 5.74) is 2.09. The van der Waals surface area contributed by atoms with Gasteiger partial charge in [-0.1, -0.05) is 24.3 Å². The molecule has 0 saturated carbocycles. The zero-order valence-electron chi connectivity index (χ0n) is 13.7. The Balaban J connectivity index is 1.68. The Hall–Kier alpha value is -2.25. The van der Waals surface area contributed by atoms with E-state index in [9.17, 15) is 14.3 Å². The second-order valence-electron chi connectivity index (χ2n) is 6.17. The molecule has 1 aromatic carbocycles. The van der Waals surface area contributed by atoms with Crippen molar-refractivity contribution in [3.8, 4) is 11.3 Å². The molecule has 3 N–H and O–H groups in total. The lowest BCUT2D eigenvalue weighted by Gasteiger charge is -2.18. The normalized spacial score (nSPS) is 21.7. The third-order valence-electron chi connectivity index (χ3n) is 4.36. The molecule has 6 nitrogen and oxygen atoms in total. The van der Waals surface area contributed by atoms with Gasteiger partial charge in [-0.3, -0.25) is 9.48 Å². The number of amides is 1. The van der Waals surface area contributed by atoms with Crippen molar-refractivity contribution in [1.29, 1.82) is 0 Å². The van der Waals surface area contributed by atoms with E-state index in [2.05, 4.69) is 15.7 Å². The topological polar surface area (TPSA) is 79.2 Å². The first-order chi connectivity index (χ1) is 11.5. The van der Waals surface area contributed by atoms with Crippen LogP contribution in [0, 0.1) is 5.82 Å². The average Bonchev–Trinajstić information content (AvgIpc) is 3.13. The summed E-state index contributed by atoms with van der Waals surface area (Å²) in [6.45, 7) is 2.33. The molecule has 2 heterocycles. The lowest BCUT2D eigenvalue weighted by atomic mass is 10.0. The molecule has 3 atom stereocenters. The highest BCUT2D eigenvalue weighted by Crippen LogP contribution is 2.24. The number of carbonyl (C=O) groups excluding carboxylic acids is 1. The predicted octanol–water partition coefficient (Wildman–Crippen LogP) is 1.13. The van der Waals surface area contributed by atoms with Crippen LogP contribution in [0.1, 0.15) is 24.9 Å². The first kappa shape index (κ1) is 16.6. The number of aliphatic hydroxyl groups excluding tert-OH is 1. The number of halogens is 1. The zero-order valence-corrected chi connectivity index (χ0v) is 13.7. The molecule has 1 amide bonds. The van der Waals surface area contributed by atoms with Gasteiger partial charge in [0, 0.05) is 19.2 Å². The molecule has 0 radical (unpaired) electrons. The number of β-amino-alcohol motifs (C(OH)–C–C–N with tert-alkyl or cyclic N) is 1. The molecule has 7 heteroatoms. The van der Waals surface area contributed by atoms with E-state index in [1.807, 2.05) is 31.2 Å². The number of aryl methyl sites for hydroxylation is 1. The Labute approximate surface area is 139 Å². The second kappa shape index (κ2) is 6.70. The molecular formula is C17H21FN4O2. The minimum absolute atomic E-state index is 0.124. The van der Waals surface area contributed by atoms with E-state index in [4.69, 9.17) is 0 Å². The average molecular weight is 332 g/mol. The van der Waals surface area contributed by atoms with Crippen molar-refractivity contribution in [1.82, 2.24) is 20.4 Å². The standard InChI is InChI=1S/C17H21FN4O2/c1-10(21-17(24)15-7-13(23)8-19-15)11-3-5-12(6-4-11)16-14(18)9-20-22(16)2/h3-6,9-10,13,15,19,23H,7-8H2,1-2H3,(H,21,24)/t10-,13?,15?/m0/s1. The van der Waals surface area contributed by atoms with E-state index in [0.717, 1.165) is 11.1 Å². The number of aromatic nitrogens is 2. The second-order valence-corrected chi connectivity index (χ2v) is 6.17. The molecule has 1 saturated heterocycles. The van der Waals surface area contributed by atoms with Crippen LogP contribution in [0.25, 0.3) is 11.3 Å². The van der Waals surface area contributed by atoms with Crippen LogP contribution in [0.2, 0.25) is 0 Å². The van der Waals surface area contributed by atoms with Crippen molar-refractivity contribution < 1.29 is 14.3 Å². The molecule has 1 aromatic heterocycles. The summed E-state index contributed by atoms with van der Waals surface area (Å²) in [7, 11) is 1.69. The highest BCUT2D eigenvalue weighted by molar-refractivity contribution is 5.82. The van der Waals surface area contributed by atoms with Crippen molar-refractivity contribution in [3.63, 3.8) is 0 Å². The molecule has 0 aliphatic carbocycles. The molecule has 1 fully saturated rings. The number of carbonyl (C=O) groups is 1. The number of rotatable bonds is 4. The minimum Gasteiger partial charge on any atom is -0.392 e. The van der Waals surface area contributed by atoms with Crippen molar-refractivity contribution in [2.24, 2.45) is 7.05 Å². The van der Waals surface area contributed by atoms with Gasteiger partial charge in [-0.2, -0.15) is 5.10 Å². The van der Waals surface area contributed by atoms with E-state index in [1.54, 1.807) is 7.05 Å². The molecular weight excluding hydrogens is 311 g/mol. The van der Waals surface area contributed by atoms with Gasteiger partial charge in [0.1, 0.15) is 5.69 Å². The third kappa shape index (κ3) is 3.32. The number of hydrogen-bond donors (Lipinski definition) is 3. The largest absolute Gasteiger partial charge is 0.392 e. The highest BCUT2D eigenvalue weighted by atomic mass is 19.1. The predicted molar refractivity (Wildman–Crippen MR) is 87.6 cm³/mol. The zero-order chi connectivity index (χ0) is 17.3. The van der Waals surface area contributed by atoms with Crippen LogP contribution in [-0.2, 0) is 11.8 Å². The summed E-state index contributed by atoms with van der Waals surface area (Å²) in [6, 6.07) is 6.83. The summed E-state index contributed by atoms with van der Waals surface area (Å²) in [5.74, 6) is -0.488. The minimum atomic E-state index is -0.468. The smallest absolute Gasteiger partial charge is 0.237 e. The van der Waals surface area contributed by atoms with E-state index in [1.165, 1.54) is 10.9 Å². The van der Waals surface area contributed by atoms with Crippen molar-refractivity contribution in [3.05, 3.63) is 41.8 Å². The Morgan fingerprint density at radius 2 is 2.17 bits per heavy atom. The molecule has 24 heavy (non-hydrogen) atoms. The lowest BCUT2D eigenvalue weighted by molar-refractivity contribution is -0.123. The SMILES string of the molecule is C[C@H](NC(=O)C1CC(O)CN1)c1ccc(-c2c(F)cnn2C)cc1. The van der Waals surface area contributed by atoms with Crippen LogP contribution in [-0.4, -0.2) is 39.5 Å². The van der Waals surface area contributed by atoms with Gasteiger partial charge in [0.05, 0.1) is 24.4 Å². The van der Waals surface area contributed by atoms with Gasteiger partial charge < -0.3 is 15.7 Å². The van der Waals surface area contributed by atoms with Gasteiger partial charge in [-0.05, 0) is 18.9 Å². The molecule has 2 aromatic rings. The first-order valence-electron chi connectivity index (χ1n) is 7.95. The summed E-state index contributed by atoms with van der Waals surface area (Å²) in [4.78, 5) is 12.2. The van der Waals surface area contributed by atoms with Gasteiger partial charge in [0.2, 0.25) is 5.91 Å². The van der Waals surface area contributed by atoms with Crippen LogP contribution >= 0.6 is 0 Å².